The maximum Gasteiger partial charge on any atom is 0.307 e. The van der Waals surface area contributed by atoms with E-state index in [0.717, 1.165) is 25.7 Å². The van der Waals surface area contributed by atoms with Crippen molar-refractivity contribution in [2.45, 2.75) is 65.0 Å². The van der Waals surface area contributed by atoms with Gasteiger partial charge in [0, 0.05) is 18.0 Å². The molecular formula is C16H28N2O3. The Morgan fingerprint density at radius 3 is 2.38 bits per heavy atom. The van der Waals surface area contributed by atoms with E-state index in [1.165, 1.54) is 0 Å². The second kappa shape index (κ2) is 5.95. The van der Waals surface area contributed by atoms with Crippen molar-refractivity contribution in [1.82, 2.24) is 5.32 Å². The van der Waals surface area contributed by atoms with Gasteiger partial charge in [0.1, 0.15) is 0 Å². The molecular weight excluding hydrogens is 268 g/mol. The smallest absolute Gasteiger partial charge is 0.307 e. The van der Waals surface area contributed by atoms with Gasteiger partial charge in [-0.1, -0.05) is 20.8 Å². The van der Waals surface area contributed by atoms with E-state index in [-0.39, 0.29) is 41.2 Å². The summed E-state index contributed by atoms with van der Waals surface area (Å²) in [6.07, 6.45) is 3.93. The van der Waals surface area contributed by atoms with Crippen LogP contribution in [0.3, 0.4) is 0 Å². The summed E-state index contributed by atoms with van der Waals surface area (Å²) in [5.41, 5.74) is 5.56. The highest BCUT2D eigenvalue weighted by atomic mass is 16.4. The molecule has 1 amide bonds. The van der Waals surface area contributed by atoms with Crippen LogP contribution in [0.25, 0.3) is 0 Å². The lowest BCUT2D eigenvalue weighted by atomic mass is 9.61. The summed E-state index contributed by atoms with van der Waals surface area (Å²) in [7, 11) is 0. The van der Waals surface area contributed by atoms with Gasteiger partial charge in [-0.05, 0) is 43.4 Å². The van der Waals surface area contributed by atoms with Crippen molar-refractivity contribution in [3.05, 3.63) is 0 Å². The Balaban J connectivity index is 1.99. The van der Waals surface area contributed by atoms with E-state index in [0.29, 0.717) is 6.42 Å². The minimum atomic E-state index is -0.724. The molecule has 0 aromatic rings. The third kappa shape index (κ3) is 3.23. The van der Waals surface area contributed by atoms with Gasteiger partial charge in [0.05, 0.1) is 5.92 Å². The number of aliphatic carboxylic acids is 1. The molecule has 2 saturated carbocycles. The number of carbonyl (C=O) groups is 2. The molecule has 0 aromatic heterocycles. The van der Waals surface area contributed by atoms with Crippen LogP contribution in [-0.4, -0.2) is 29.1 Å². The van der Waals surface area contributed by atoms with Crippen LogP contribution in [0.2, 0.25) is 0 Å². The van der Waals surface area contributed by atoms with Gasteiger partial charge >= 0.3 is 5.97 Å². The summed E-state index contributed by atoms with van der Waals surface area (Å²) in [6, 6.07) is 0.220. The van der Waals surface area contributed by atoms with Gasteiger partial charge in [0.25, 0.3) is 0 Å². The topological polar surface area (TPSA) is 92.4 Å². The zero-order chi connectivity index (χ0) is 15.8. The molecule has 5 unspecified atom stereocenters. The summed E-state index contributed by atoms with van der Waals surface area (Å²) >= 11 is 0. The quantitative estimate of drug-likeness (QED) is 0.740. The van der Waals surface area contributed by atoms with Crippen LogP contribution in [0, 0.1) is 23.2 Å². The summed E-state index contributed by atoms with van der Waals surface area (Å²) in [5, 5.41) is 12.5. The maximum atomic E-state index is 12.3. The summed E-state index contributed by atoms with van der Waals surface area (Å²) in [6.45, 7) is 6.06. The fourth-order valence-electron chi connectivity index (χ4n) is 4.00. The first-order valence-electron chi connectivity index (χ1n) is 8.02. The van der Waals surface area contributed by atoms with Crippen molar-refractivity contribution >= 4 is 11.9 Å². The standard InChI is InChI=1S/C16H28N2O3/c1-9-13(7-6-12(15(20)21)16(9,2)3)18-14(19)10-4-5-11(17)8-10/h9-13H,4-8,17H2,1-3H3,(H,18,19)(H,20,21). The number of rotatable bonds is 3. The van der Waals surface area contributed by atoms with Crippen LogP contribution in [0.15, 0.2) is 0 Å². The average molecular weight is 296 g/mol. The number of carboxylic acid groups (broad SMARTS) is 1. The van der Waals surface area contributed by atoms with E-state index in [4.69, 9.17) is 5.73 Å². The zero-order valence-corrected chi connectivity index (χ0v) is 13.3. The molecule has 0 saturated heterocycles. The van der Waals surface area contributed by atoms with Crippen LogP contribution in [0.4, 0.5) is 0 Å². The van der Waals surface area contributed by atoms with E-state index >= 15 is 0 Å². The number of nitrogens with two attached hydrogens (primary N) is 1. The van der Waals surface area contributed by atoms with Gasteiger partial charge in [-0.15, -0.1) is 0 Å². The van der Waals surface area contributed by atoms with Crippen molar-refractivity contribution in [2.24, 2.45) is 28.9 Å². The molecule has 5 heteroatoms. The summed E-state index contributed by atoms with van der Waals surface area (Å²) in [4.78, 5) is 23.7. The second-order valence-electron chi connectivity index (χ2n) is 7.46. The molecule has 5 atom stereocenters. The number of amides is 1. The predicted octanol–water partition coefficient (Wildman–Crippen LogP) is 1.76. The Morgan fingerprint density at radius 1 is 1.19 bits per heavy atom. The fourth-order valence-corrected chi connectivity index (χ4v) is 4.00. The highest BCUT2D eigenvalue weighted by Gasteiger charge is 2.47. The third-order valence-corrected chi connectivity index (χ3v) is 5.91. The number of hydrogen-bond donors (Lipinski definition) is 3. The summed E-state index contributed by atoms with van der Waals surface area (Å²) < 4.78 is 0. The molecule has 0 bridgehead atoms. The number of carbonyl (C=O) groups excluding carboxylic acids is 1. The molecule has 2 aliphatic carbocycles. The highest BCUT2D eigenvalue weighted by molar-refractivity contribution is 5.79. The second-order valence-corrected chi connectivity index (χ2v) is 7.46. The van der Waals surface area contributed by atoms with E-state index in [2.05, 4.69) is 12.2 Å². The summed E-state index contributed by atoms with van der Waals surface area (Å²) in [5.74, 6) is -0.776. The van der Waals surface area contributed by atoms with Gasteiger partial charge in [-0.25, -0.2) is 0 Å². The Morgan fingerprint density at radius 2 is 1.86 bits per heavy atom. The molecule has 5 nitrogen and oxygen atoms in total. The SMILES string of the molecule is CC1C(NC(=O)C2CCC(N)C2)CCC(C(=O)O)C1(C)C. The van der Waals surface area contributed by atoms with Crippen LogP contribution in [0.1, 0.15) is 52.9 Å². The molecule has 2 rings (SSSR count). The molecule has 21 heavy (non-hydrogen) atoms. The molecule has 0 aromatic carbocycles. The van der Waals surface area contributed by atoms with Crippen LogP contribution >= 0.6 is 0 Å². The Hall–Kier alpha value is -1.10. The van der Waals surface area contributed by atoms with Gasteiger partial charge in [0.15, 0.2) is 0 Å². The molecule has 0 radical (unpaired) electrons. The van der Waals surface area contributed by atoms with E-state index in [9.17, 15) is 14.7 Å². The average Bonchev–Trinajstić information content (AvgIpc) is 2.81. The number of hydrogen-bond acceptors (Lipinski definition) is 3. The zero-order valence-electron chi connectivity index (χ0n) is 13.3. The van der Waals surface area contributed by atoms with Gasteiger partial charge in [-0.2, -0.15) is 0 Å². The minimum absolute atomic E-state index is 0.0347. The van der Waals surface area contributed by atoms with E-state index in [1.807, 2.05) is 13.8 Å². The Labute approximate surface area is 126 Å². The normalized spacial score (nSPS) is 39.0. The van der Waals surface area contributed by atoms with Gasteiger partial charge in [0.2, 0.25) is 5.91 Å². The first-order valence-corrected chi connectivity index (χ1v) is 8.02. The lowest BCUT2D eigenvalue weighted by molar-refractivity contribution is -0.150. The van der Waals surface area contributed by atoms with Crippen molar-refractivity contribution in [1.29, 1.82) is 0 Å². The Kier molecular flexibility index (Phi) is 4.61. The highest BCUT2D eigenvalue weighted by Crippen LogP contribution is 2.45. The first-order chi connectivity index (χ1) is 9.73. The maximum absolute atomic E-state index is 12.3. The van der Waals surface area contributed by atoms with Crippen molar-refractivity contribution in [3.8, 4) is 0 Å². The van der Waals surface area contributed by atoms with Crippen LogP contribution in [-0.2, 0) is 9.59 Å². The third-order valence-electron chi connectivity index (χ3n) is 5.91. The predicted molar refractivity (Wildman–Crippen MR) is 80.6 cm³/mol. The van der Waals surface area contributed by atoms with E-state index < -0.39 is 5.97 Å². The first kappa shape index (κ1) is 16.3. The number of nitrogens with one attached hydrogen (secondary N) is 1. The molecule has 2 aliphatic rings. The van der Waals surface area contributed by atoms with Crippen LogP contribution in [0.5, 0.6) is 0 Å². The lowest BCUT2D eigenvalue weighted by Gasteiger charge is -2.46. The van der Waals surface area contributed by atoms with Crippen molar-refractivity contribution in [3.63, 3.8) is 0 Å². The molecule has 0 heterocycles. The largest absolute Gasteiger partial charge is 0.481 e. The molecule has 0 spiro atoms. The van der Waals surface area contributed by atoms with Crippen molar-refractivity contribution in [2.75, 3.05) is 0 Å². The molecule has 0 aliphatic heterocycles. The van der Waals surface area contributed by atoms with Crippen LogP contribution < -0.4 is 11.1 Å². The van der Waals surface area contributed by atoms with Crippen molar-refractivity contribution < 1.29 is 14.7 Å². The van der Waals surface area contributed by atoms with Gasteiger partial charge in [-0.3, -0.25) is 9.59 Å². The fraction of sp³-hybridized carbons (Fsp3) is 0.875. The minimum Gasteiger partial charge on any atom is -0.481 e. The van der Waals surface area contributed by atoms with Gasteiger partial charge < -0.3 is 16.2 Å². The molecule has 4 N–H and O–H groups in total. The lowest BCUT2D eigenvalue weighted by Crippen LogP contribution is -2.53. The molecule has 120 valence electrons. The number of carboxylic acids is 1. The molecule has 2 fully saturated rings. The Bertz CT molecular complexity index is 422. The monoisotopic (exact) mass is 296 g/mol. The van der Waals surface area contributed by atoms with E-state index in [1.54, 1.807) is 0 Å².